The number of carbonyl (C=O) groups is 3. The SMILES string of the molecule is Cc1ccccc1C(=O)C1C(c2sccc2C)C(C(N)=O)N(C(=O)Nc2ccc(F)cc2)C1c1sccc1C. The fraction of sp³-hybridized carbons (Fsp3) is 0.233. The molecule has 0 spiro atoms. The maximum Gasteiger partial charge on any atom is 0.323 e. The van der Waals surface area contributed by atoms with Gasteiger partial charge in [-0.1, -0.05) is 24.3 Å². The number of hydrogen-bond acceptors (Lipinski definition) is 5. The van der Waals surface area contributed by atoms with E-state index in [0.29, 0.717) is 11.3 Å². The maximum absolute atomic E-state index is 14.5. The van der Waals surface area contributed by atoms with E-state index >= 15 is 0 Å². The molecule has 1 saturated heterocycles. The van der Waals surface area contributed by atoms with Crippen LogP contribution in [-0.4, -0.2) is 28.7 Å². The molecule has 1 aliphatic rings. The summed E-state index contributed by atoms with van der Waals surface area (Å²) < 4.78 is 13.5. The molecule has 0 aliphatic carbocycles. The van der Waals surface area contributed by atoms with Gasteiger partial charge in [-0.2, -0.15) is 0 Å². The molecule has 6 nitrogen and oxygen atoms in total. The Morgan fingerprint density at radius 2 is 1.46 bits per heavy atom. The number of nitrogens with two attached hydrogens (primary N) is 1. The van der Waals surface area contributed by atoms with Crippen molar-refractivity contribution in [3.63, 3.8) is 0 Å². The van der Waals surface area contributed by atoms with Crippen LogP contribution in [0.1, 0.15) is 48.8 Å². The average Bonchev–Trinajstić information content (AvgIpc) is 3.61. The van der Waals surface area contributed by atoms with Crippen LogP contribution in [0.3, 0.4) is 0 Å². The number of benzene rings is 2. The van der Waals surface area contributed by atoms with Crippen LogP contribution in [0.5, 0.6) is 0 Å². The van der Waals surface area contributed by atoms with Crippen LogP contribution >= 0.6 is 22.7 Å². The Labute approximate surface area is 234 Å². The van der Waals surface area contributed by atoms with Gasteiger partial charge in [0.25, 0.3) is 0 Å². The summed E-state index contributed by atoms with van der Waals surface area (Å²) in [6, 6.07) is 14.2. The number of Topliss-reactive ketones (excluding diaryl/α,β-unsaturated/α-hetero) is 1. The number of primary amides is 1. The summed E-state index contributed by atoms with van der Waals surface area (Å²) in [7, 11) is 0. The predicted molar refractivity (Wildman–Crippen MR) is 153 cm³/mol. The lowest BCUT2D eigenvalue weighted by Gasteiger charge is -2.30. The van der Waals surface area contributed by atoms with Crippen LogP contribution in [0.4, 0.5) is 14.9 Å². The van der Waals surface area contributed by atoms with E-state index in [0.717, 1.165) is 26.4 Å². The van der Waals surface area contributed by atoms with E-state index in [2.05, 4.69) is 5.32 Å². The molecule has 3 heterocycles. The summed E-state index contributed by atoms with van der Waals surface area (Å²) in [5.41, 5.74) is 9.63. The van der Waals surface area contributed by atoms with Crippen molar-refractivity contribution in [3.05, 3.63) is 109 Å². The van der Waals surface area contributed by atoms with Crippen molar-refractivity contribution in [2.75, 3.05) is 5.32 Å². The number of anilines is 1. The van der Waals surface area contributed by atoms with Crippen molar-refractivity contribution >= 4 is 46.1 Å². The first kappa shape index (κ1) is 26.8. The lowest BCUT2D eigenvalue weighted by Crippen LogP contribution is -2.48. The summed E-state index contributed by atoms with van der Waals surface area (Å²) in [5, 5.41) is 6.64. The number of carbonyl (C=O) groups excluding carboxylic acids is 3. The lowest BCUT2D eigenvalue weighted by atomic mass is 9.78. The van der Waals surface area contributed by atoms with Gasteiger partial charge in [0.15, 0.2) is 5.78 Å². The first-order valence-electron chi connectivity index (χ1n) is 12.5. The Morgan fingerprint density at radius 1 is 0.846 bits per heavy atom. The van der Waals surface area contributed by atoms with Crippen molar-refractivity contribution in [1.82, 2.24) is 4.90 Å². The third-order valence-corrected chi connectivity index (χ3v) is 9.59. The van der Waals surface area contributed by atoms with E-state index in [-0.39, 0.29) is 5.78 Å². The van der Waals surface area contributed by atoms with Gasteiger partial charge in [0, 0.05) is 26.9 Å². The standard InChI is InChI=1S/C30H28FN3O3S2/c1-16-6-4-5-7-21(16)26(35)22-23(27-17(2)12-14-38-27)25(29(32)36)34(24(22)28-18(3)13-15-39-28)30(37)33-20-10-8-19(31)9-11-20/h4-15,22-25H,1-3H3,(H2,32,36)(H,33,37). The van der Waals surface area contributed by atoms with Gasteiger partial charge >= 0.3 is 6.03 Å². The Bertz CT molecular complexity index is 1540. The number of likely N-dealkylation sites (tertiary alicyclic amines) is 1. The third kappa shape index (κ3) is 4.88. The molecule has 4 aromatic rings. The molecule has 0 radical (unpaired) electrons. The predicted octanol–water partition coefficient (Wildman–Crippen LogP) is 6.60. The van der Waals surface area contributed by atoms with Crippen LogP contribution in [0.25, 0.3) is 0 Å². The van der Waals surface area contributed by atoms with Gasteiger partial charge in [0.2, 0.25) is 5.91 Å². The van der Waals surface area contributed by atoms with Crippen LogP contribution in [0.15, 0.2) is 71.4 Å². The fourth-order valence-electron chi connectivity index (χ4n) is 5.54. The van der Waals surface area contributed by atoms with Gasteiger partial charge in [0.1, 0.15) is 11.9 Å². The zero-order valence-corrected chi connectivity index (χ0v) is 23.3. The van der Waals surface area contributed by atoms with Gasteiger partial charge in [-0.05, 0) is 84.6 Å². The molecular weight excluding hydrogens is 533 g/mol. The minimum atomic E-state index is -1.09. The van der Waals surface area contributed by atoms with Gasteiger partial charge in [-0.3, -0.25) is 9.59 Å². The fourth-order valence-corrected chi connectivity index (χ4v) is 7.72. The Hall–Kier alpha value is -3.82. The third-order valence-electron chi connectivity index (χ3n) is 7.38. The van der Waals surface area contributed by atoms with Gasteiger partial charge < -0.3 is 16.0 Å². The van der Waals surface area contributed by atoms with Crippen molar-refractivity contribution in [1.29, 1.82) is 0 Å². The number of thiophene rings is 2. The number of hydrogen-bond donors (Lipinski definition) is 2. The van der Waals surface area contributed by atoms with Gasteiger partial charge in [-0.15, -0.1) is 22.7 Å². The Balaban J connectivity index is 1.72. The number of halogens is 1. The lowest BCUT2D eigenvalue weighted by molar-refractivity contribution is -0.122. The molecule has 2 aromatic carbocycles. The van der Waals surface area contributed by atoms with Crippen LogP contribution in [0.2, 0.25) is 0 Å². The molecule has 0 saturated carbocycles. The highest BCUT2D eigenvalue weighted by atomic mass is 32.1. The Kier molecular flexibility index (Phi) is 7.38. The number of nitrogens with zero attached hydrogens (tertiary/aromatic N) is 1. The number of aryl methyl sites for hydroxylation is 3. The van der Waals surface area contributed by atoms with E-state index in [1.54, 1.807) is 6.07 Å². The second-order valence-electron chi connectivity index (χ2n) is 9.80. The molecule has 1 aliphatic heterocycles. The molecule has 0 bridgehead atoms. The minimum Gasteiger partial charge on any atom is -0.368 e. The second-order valence-corrected chi connectivity index (χ2v) is 11.7. The number of ketones is 1. The van der Waals surface area contributed by atoms with Gasteiger partial charge in [-0.25, -0.2) is 9.18 Å². The van der Waals surface area contributed by atoms with Crippen molar-refractivity contribution in [3.8, 4) is 0 Å². The molecule has 3 amide bonds. The summed E-state index contributed by atoms with van der Waals surface area (Å²) >= 11 is 2.90. The van der Waals surface area contributed by atoms with E-state index in [4.69, 9.17) is 5.73 Å². The zero-order valence-electron chi connectivity index (χ0n) is 21.7. The summed E-state index contributed by atoms with van der Waals surface area (Å²) in [6.45, 7) is 5.75. The Morgan fingerprint density at radius 3 is 2.03 bits per heavy atom. The number of urea groups is 1. The van der Waals surface area contributed by atoms with Crippen LogP contribution in [-0.2, 0) is 4.79 Å². The van der Waals surface area contributed by atoms with Crippen LogP contribution < -0.4 is 11.1 Å². The highest BCUT2D eigenvalue weighted by Crippen LogP contribution is 2.54. The summed E-state index contributed by atoms with van der Waals surface area (Å²) in [5.74, 6) is -2.70. The first-order chi connectivity index (χ1) is 18.7. The number of nitrogens with one attached hydrogen (secondary N) is 1. The normalized spacial score (nSPS) is 20.7. The van der Waals surface area contributed by atoms with E-state index < -0.39 is 41.7 Å². The number of rotatable bonds is 6. The van der Waals surface area contributed by atoms with Crippen LogP contribution in [0, 0.1) is 32.5 Å². The molecule has 200 valence electrons. The quantitative estimate of drug-likeness (QED) is 0.260. The highest BCUT2D eigenvalue weighted by molar-refractivity contribution is 7.10. The van der Waals surface area contributed by atoms with E-state index in [9.17, 15) is 18.8 Å². The molecule has 5 rings (SSSR count). The molecule has 4 atom stereocenters. The molecule has 3 N–H and O–H groups in total. The molecule has 2 aromatic heterocycles. The second kappa shape index (κ2) is 10.7. The minimum absolute atomic E-state index is 0.146. The smallest absolute Gasteiger partial charge is 0.323 e. The molecule has 39 heavy (non-hydrogen) atoms. The number of amides is 3. The van der Waals surface area contributed by atoms with Gasteiger partial charge in [0.05, 0.1) is 12.0 Å². The largest absolute Gasteiger partial charge is 0.368 e. The maximum atomic E-state index is 14.5. The summed E-state index contributed by atoms with van der Waals surface area (Å²) in [6.07, 6.45) is 0. The van der Waals surface area contributed by atoms with Crippen molar-refractivity contribution < 1.29 is 18.8 Å². The first-order valence-corrected chi connectivity index (χ1v) is 14.3. The van der Waals surface area contributed by atoms with E-state index in [1.807, 2.05) is 61.9 Å². The summed E-state index contributed by atoms with van der Waals surface area (Å²) in [4.78, 5) is 44.9. The molecule has 1 fully saturated rings. The monoisotopic (exact) mass is 561 g/mol. The molecular formula is C30H28FN3O3S2. The van der Waals surface area contributed by atoms with Crippen molar-refractivity contribution in [2.45, 2.75) is 38.8 Å². The topological polar surface area (TPSA) is 92.5 Å². The highest BCUT2D eigenvalue weighted by Gasteiger charge is 2.58. The molecule has 4 unspecified atom stereocenters. The zero-order chi connectivity index (χ0) is 27.8. The van der Waals surface area contributed by atoms with E-state index in [1.165, 1.54) is 51.8 Å². The molecule has 9 heteroatoms. The van der Waals surface area contributed by atoms with Crippen molar-refractivity contribution in [2.24, 2.45) is 11.7 Å². The average molecular weight is 562 g/mol.